The molecule has 94 valence electrons. The van der Waals surface area contributed by atoms with Crippen LogP contribution < -0.4 is 0 Å². The van der Waals surface area contributed by atoms with Crippen molar-refractivity contribution in [2.45, 2.75) is 53.5 Å². The minimum Gasteiger partial charge on any atom is -0.305 e. The molecule has 0 spiro atoms. The maximum absolute atomic E-state index is 2.48. The summed E-state index contributed by atoms with van der Waals surface area (Å²) < 4.78 is 0. The molecule has 0 saturated carbocycles. The molecule has 0 aromatic carbocycles. The van der Waals surface area contributed by atoms with E-state index in [2.05, 4.69) is 30.8 Å². The Morgan fingerprint density at radius 2 is 1.73 bits per heavy atom. The Morgan fingerprint density at radius 3 is 2.07 bits per heavy atom. The molecule has 0 aromatic heterocycles. The van der Waals surface area contributed by atoms with Crippen molar-refractivity contribution < 1.29 is 0 Å². The summed E-state index contributed by atoms with van der Waals surface area (Å²) in [6.45, 7) is 13.9. The van der Waals surface area contributed by atoms with Crippen LogP contribution in [0, 0.1) is 0 Å². The lowest BCUT2D eigenvalue weighted by atomic mass is 10.2. The van der Waals surface area contributed by atoms with E-state index in [0.717, 1.165) is 6.04 Å². The van der Waals surface area contributed by atoms with Gasteiger partial charge in [0.1, 0.15) is 0 Å². The molecular formula is C13H32N2. The molecular weight excluding hydrogens is 184 g/mol. The number of rotatable bonds is 3. The molecule has 1 unspecified atom stereocenters. The Bertz CT molecular complexity index is 115. The predicted octanol–water partition coefficient (Wildman–Crippen LogP) is 3.08. The summed E-state index contributed by atoms with van der Waals surface area (Å²) in [5.74, 6) is 0. The van der Waals surface area contributed by atoms with Gasteiger partial charge in [-0.25, -0.2) is 0 Å². The molecule has 0 bridgehead atoms. The number of hydrogen-bond donors (Lipinski definition) is 0. The summed E-state index contributed by atoms with van der Waals surface area (Å²) in [4.78, 5) is 4.87. The van der Waals surface area contributed by atoms with Gasteiger partial charge < -0.3 is 9.80 Å². The molecule has 1 heterocycles. The van der Waals surface area contributed by atoms with Crippen LogP contribution in [-0.4, -0.2) is 49.6 Å². The van der Waals surface area contributed by atoms with Crippen molar-refractivity contribution >= 4 is 0 Å². The fraction of sp³-hybridized carbons (Fsp3) is 1.00. The standard InChI is InChI=1S/C9H20N2.2C2H6/c1-4-10(2)8-9-6-5-7-11(9)3;2*1-2/h9H,4-8H2,1-3H3;2*1-2H3. The van der Waals surface area contributed by atoms with Gasteiger partial charge in [0.05, 0.1) is 0 Å². The minimum atomic E-state index is 0.819. The first-order valence-corrected chi connectivity index (χ1v) is 6.62. The Hall–Kier alpha value is -0.0800. The molecule has 0 N–H and O–H groups in total. The smallest absolute Gasteiger partial charge is 0.0220 e. The fourth-order valence-electron chi connectivity index (χ4n) is 1.70. The SMILES string of the molecule is CC.CC.CCN(C)CC1CCCN1C. The third-order valence-electron chi connectivity index (χ3n) is 2.73. The van der Waals surface area contributed by atoms with Crippen LogP contribution in [-0.2, 0) is 0 Å². The predicted molar refractivity (Wildman–Crippen MR) is 71.5 cm³/mol. The highest BCUT2D eigenvalue weighted by Gasteiger charge is 2.21. The second kappa shape index (κ2) is 12.0. The summed E-state index contributed by atoms with van der Waals surface area (Å²) in [6, 6.07) is 0.819. The van der Waals surface area contributed by atoms with Crippen LogP contribution in [0.25, 0.3) is 0 Å². The molecule has 0 radical (unpaired) electrons. The van der Waals surface area contributed by atoms with E-state index in [-0.39, 0.29) is 0 Å². The molecule has 0 aromatic rings. The van der Waals surface area contributed by atoms with Gasteiger partial charge in [-0.3, -0.25) is 0 Å². The Kier molecular flexibility index (Phi) is 13.8. The van der Waals surface area contributed by atoms with Crippen molar-refractivity contribution in [3.05, 3.63) is 0 Å². The first-order valence-electron chi connectivity index (χ1n) is 6.62. The van der Waals surface area contributed by atoms with Gasteiger partial charge >= 0.3 is 0 Å². The van der Waals surface area contributed by atoms with E-state index < -0.39 is 0 Å². The molecule has 1 aliphatic rings. The second-order valence-corrected chi connectivity index (χ2v) is 3.63. The second-order valence-electron chi connectivity index (χ2n) is 3.63. The van der Waals surface area contributed by atoms with Crippen LogP contribution in [0.4, 0.5) is 0 Å². The summed E-state index contributed by atoms with van der Waals surface area (Å²) in [6.07, 6.45) is 2.78. The highest BCUT2D eigenvalue weighted by atomic mass is 15.2. The van der Waals surface area contributed by atoms with Gasteiger partial charge in [-0.05, 0) is 40.0 Å². The van der Waals surface area contributed by atoms with E-state index in [4.69, 9.17) is 0 Å². The zero-order valence-electron chi connectivity index (χ0n) is 12.0. The maximum Gasteiger partial charge on any atom is 0.0220 e. The van der Waals surface area contributed by atoms with E-state index in [9.17, 15) is 0 Å². The van der Waals surface area contributed by atoms with Gasteiger partial charge in [0.15, 0.2) is 0 Å². The van der Waals surface area contributed by atoms with Gasteiger partial charge in [0, 0.05) is 12.6 Å². The first-order chi connectivity index (χ1) is 7.24. The van der Waals surface area contributed by atoms with Gasteiger partial charge in [-0.15, -0.1) is 0 Å². The summed E-state index contributed by atoms with van der Waals surface area (Å²) >= 11 is 0. The van der Waals surface area contributed by atoms with Gasteiger partial charge in [-0.2, -0.15) is 0 Å². The zero-order valence-corrected chi connectivity index (χ0v) is 12.0. The zero-order chi connectivity index (χ0) is 12.3. The average molecular weight is 216 g/mol. The van der Waals surface area contributed by atoms with Crippen molar-refractivity contribution in [2.75, 3.05) is 33.7 Å². The monoisotopic (exact) mass is 216 g/mol. The van der Waals surface area contributed by atoms with E-state index in [1.807, 2.05) is 27.7 Å². The van der Waals surface area contributed by atoms with Crippen molar-refractivity contribution in [1.82, 2.24) is 9.80 Å². The van der Waals surface area contributed by atoms with Crippen LogP contribution >= 0.6 is 0 Å². The molecule has 1 saturated heterocycles. The Balaban J connectivity index is 0. The summed E-state index contributed by atoms with van der Waals surface area (Å²) in [7, 11) is 4.44. The Morgan fingerprint density at radius 1 is 1.20 bits per heavy atom. The fourth-order valence-corrected chi connectivity index (χ4v) is 1.70. The molecule has 2 heteroatoms. The third-order valence-corrected chi connectivity index (χ3v) is 2.73. The molecule has 1 fully saturated rings. The van der Waals surface area contributed by atoms with Gasteiger partial charge in [-0.1, -0.05) is 34.6 Å². The van der Waals surface area contributed by atoms with Crippen LogP contribution in [0.1, 0.15) is 47.5 Å². The quantitative estimate of drug-likeness (QED) is 0.715. The van der Waals surface area contributed by atoms with Crippen molar-refractivity contribution in [3.63, 3.8) is 0 Å². The number of nitrogens with zero attached hydrogens (tertiary/aromatic N) is 2. The maximum atomic E-state index is 2.48. The Labute approximate surface area is 97.6 Å². The molecule has 0 aliphatic carbocycles. The van der Waals surface area contributed by atoms with Gasteiger partial charge in [0.2, 0.25) is 0 Å². The largest absolute Gasteiger partial charge is 0.305 e. The lowest BCUT2D eigenvalue weighted by Crippen LogP contribution is -2.36. The van der Waals surface area contributed by atoms with Gasteiger partial charge in [0.25, 0.3) is 0 Å². The van der Waals surface area contributed by atoms with Crippen LogP contribution in [0.2, 0.25) is 0 Å². The van der Waals surface area contributed by atoms with Crippen molar-refractivity contribution in [3.8, 4) is 0 Å². The van der Waals surface area contributed by atoms with Crippen LogP contribution in [0.3, 0.4) is 0 Å². The molecule has 1 aliphatic heterocycles. The topological polar surface area (TPSA) is 6.48 Å². The number of hydrogen-bond acceptors (Lipinski definition) is 2. The number of likely N-dealkylation sites (tertiary alicyclic amines) is 1. The van der Waals surface area contributed by atoms with Crippen LogP contribution in [0.15, 0.2) is 0 Å². The van der Waals surface area contributed by atoms with E-state index in [0.29, 0.717) is 0 Å². The summed E-state index contributed by atoms with van der Waals surface area (Å²) in [5, 5.41) is 0. The normalized spacial score (nSPS) is 20.4. The molecule has 1 atom stereocenters. The van der Waals surface area contributed by atoms with Crippen molar-refractivity contribution in [1.29, 1.82) is 0 Å². The average Bonchev–Trinajstić information content (AvgIpc) is 2.70. The van der Waals surface area contributed by atoms with E-state index in [1.165, 1.54) is 32.5 Å². The molecule has 1 rings (SSSR count). The highest BCUT2D eigenvalue weighted by Crippen LogP contribution is 2.14. The highest BCUT2D eigenvalue weighted by molar-refractivity contribution is 4.78. The van der Waals surface area contributed by atoms with Crippen LogP contribution in [0.5, 0.6) is 0 Å². The van der Waals surface area contributed by atoms with E-state index >= 15 is 0 Å². The third kappa shape index (κ3) is 7.80. The number of likely N-dealkylation sites (N-methyl/N-ethyl adjacent to an activating group) is 2. The molecule has 0 amide bonds. The molecule has 15 heavy (non-hydrogen) atoms. The van der Waals surface area contributed by atoms with E-state index in [1.54, 1.807) is 0 Å². The lowest BCUT2D eigenvalue weighted by molar-refractivity contribution is 0.226. The van der Waals surface area contributed by atoms with Crippen molar-refractivity contribution in [2.24, 2.45) is 0 Å². The minimum absolute atomic E-state index is 0.819. The summed E-state index contributed by atoms with van der Waals surface area (Å²) in [5.41, 5.74) is 0. The molecule has 2 nitrogen and oxygen atoms in total. The lowest BCUT2D eigenvalue weighted by Gasteiger charge is -2.24. The first kappa shape index (κ1) is 17.3.